The van der Waals surface area contributed by atoms with E-state index in [2.05, 4.69) is 41.4 Å². The number of anilines is 4. The number of unbranched alkanes of at least 4 members (excludes halogenated alkanes) is 2. The van der Waals surface area contributed by atoms with E-state index in [4.69, 9.17) is 0 Å². The second-order valence-electron chi connectivity index (χ2n) is 8.66. The highest BCUT2D eigenvalue weighted by Gasteiger charge is 2.35. The van der Waals surface area contributed by atoms with Crippen LogP contribution in [0, 0.1) is 5.92 Å². The van der Waals surface area contributed by atoms with Crippen molar-refractivity contribution in [3.8, 4) is 0 Å². The normalized spacial score (nSPS) is 11.6. The van der Waals surface area contributed by atoms with E-state index in [0.717, 1.165) is 36.7 Å². The number of aryl methyl sites for hydroxylation is 1. The van der Waals surface area contributed by atoms with Crippen molar-refractivity contribution in [1.82, 2.24) is 9.97 Å². The first kappa shape index (κ1) is 24.6. The van der Waals surface area contributed by atoms with Crippen LogP contribution in [0.5, 0.6) is 0 Å². The van der Waals surface area contributed by atoms with Crippen molar-refractivity contribution in [2.75, 3.05) is 10.6 Å². The Balaban J connectivity index is 1.80. The quantitative estimate of drug-likeness (QED) is 0.304. The standard InChI is InChI=1S/C26H31F3N4/c1-4-5-6-8-19-11-13-21(14-12-19)32-25-30-17-23(26(27,28)29)24(33-25)31-22-10-7-9-20(16-22)15-18(2)3/h7,9-14,16-18H,4-6,8,15H2,1-3H3,(H2,30,31,32,33). The van der Waals surface area contributed by atoms with Gasteiger partial charge in [0.15, 0.2) is 0 Å². The minimum Gasteiger partial charge on any atom is -0.340 e. The Hall–Kier alpha value is -3.09. The van der Waals surface area contributed by atoms with E-state index >= 15 is 0 Å². The molecule has 0 spiro atoms. The summed E-state index contributed by atoms with van der Waals surface area (Å²) in [6.45, 7) is 6.37. The largest absolute Gasteiger partial charge is 0.421 e. The maximum absolute atomic E-state index is 13.6. The summed E-state index contributed by atoms with van der Waals surface area (Å²) in [6.07, 6.45) is 1.59. The van der Waals surface area contributed by atoms with Gasteiger partial charge in [-0.25, -0.2) is 4.98 Å². The number of nitrogens with one attached hydrogen (secondary N) is 2. The second kappa shape index (κ2) is 11.2. The molecule has 0 saturated heterocycles. The van der Waals surface area contributed by atoms with Crippen molar-refractivity contribution in [3.63, 3.8) is 0 Å². The maximum atomic E-state index is 13.6. The summed E-state index contributed by atoms with van der Waals surface area (Å²) in [7, 11) is 0. The number of rotatable bonds is 10. The zero-order valence-electron chi connectivity index (χ0n) is 19.3. The molecule has 1 heterocycles. The van der Waals surface area contributed by atoms with Gasteiger partial charge in [-0.15, -0.1) is 0 Å². The van der Waals surface area contributed by atoms with Gasteiger partial charge in [-0.1, -0.05) is 57.9 Å². The van der Waals surface area contributed by atoms with Crippen molar-refractivity contribution < 1.29 is 13.2 Å². The molecule has 0 fully saturated rings. The summed E-state index contributed by atoms with van der Waals surface area (Å²) >= 11 is 0. The van der Waals surface area contributed by atoms with Crippen LogP contribution < -0.4 is 10.6 Å². The fourth-order valence-corrected chi connectivity index (χ4v) is 3.59. The monoisotopic (exact) mass is 456 g/mol. The highest BCUT2D eigenvalue weighted by atomic mass is 19.4. The lowest BCUT2D eigenvalue weighted by atomic mass is 10.0. The first-order valence-corrected chi connectivity index (χ1v) is 11.4. The number of benzene rings is 2. The molecule has 0 amide bonds. The molecule has 0 aliphatic rings. The van der Waals surface area contributed by atoms with Gasteiger partial charge >= 0.3 is 6.18 Å². The number of aromatic nitrogens is 2. The lowest BCUT2D eigenvalue weighted by molar-refractivity contribution is -0.137. The summed E-state index contributed by atoms with van der Waals surface area (Å²) in [6, 6.07) is 15.2. The molecular formula is C26H31F3N4. The van der Waals surface area contributed by atoms with Crippen LogP contribution >= 0.6 is 0 Å². The fraction of sp³-hybridized carbons (Fsp3) is 0.385. The Morgan fingerprint density at radius 1 is 0.909 bits per heavy atom. The van der Waals surface area contributed by atoms with Gasteiger partial charge in [0, 0.05) is 17.6 Å². The highest BCUT2D eigenvalue weighted by molar-refractivity contribution is 5.63. The van der Waals surface area contributed by atoms with Gasteiger partial charge in [-0.2, -0.15) is 18.2 Å². The van der Waals surface area contributed by atoms with Crippen LogP contribution in [0.2, 0.25) is 0 Å². The third kappa shape index (κ3) is 7.48. The van der Waals surface area contributed by atoms with Gasteiger partial charge in [-0.05, 0) is 60.6 Å². The number of alkyl halides is 3. The third-order valence-electron chi connectivity index (χ3n) is 5.21. The van der Waals surface area contributed by atoms with E-state index < -0.39 is 11.7 Å². The zero-order valence-corrected chi connectivity index (χ0v) is 19.3. The zero-order chi connectivity index (χ0) is 23.8. The smallest absolute Gasteiger partial charge is 0.340 e. The van der Waals surface area contributed by atoms with E-state index in [1.54, 1.807) is 6.07 Å². The van der Waals surface area contributed by atoms with Crippen molar-refractivity contribution in [3.05, 3.63) is 71.4 Å². The topological polar surface area (TPSA) is 49.8 Å². The fourth-order valence-electron chi connectivity index (χ4n) is 3.59. The molecule has 4 nitrogen and oxygen atoms in total. The van der Waals surface area contributed by atoms with Crippen molar-refractivity contribution in [1.29, 1.82) is 0 Å². The number of nitrogens with zero attached hydrogens (tertiary/aromatic N) is 2. The molecule has 0 radical (unpaired) electrons. The SMILES string of the molecule is CCCCCc1ccc(Nc2ncc(C(F)(F)F)c(Nc3cccc(CC(C)C)c3)n2)cc1. The number of hydrogen-bond donors (Lipinski definition) is 2. The molecule has 0 saturated carbocycles. The molecule has 0 atom stereocenters. The average Bonchev–Trinajstić information content (AvgIpc) is 2.74. The molecule has 7 heteroatoms. The average molecular weight is 457 g/mol. The molecule has 176 valence electrons. The Morgan fingerprint density at radius 3 is 2.33 bits per heavy atom. The summed E-state index contributed by atoms with van der Waals surface area (Å²) < 4.78 is 40.8. The van der Waals surface area contributed by atoms with Gasteiger partial charge in [0.05, 0.1) is 0 Å². The molecule has 1 aromatic heterocycles. The van der Waals surface area contributed by atoms with E-state index in [-0.39, 0.29) is 11.8 Å². The summed E-state index contributed by atoms with van der Waals surface area (Å²) in [5.74, 6) is 0.263. The Morgan fingerprint density at radius 2 is 1.67 bits per heavy atom. The Labute approximate surface area is 193 Å². The second-order valence-corrected chi connectivity index (χ2v) is 8.66. The van der Waals surface area contributed by atoms with E-state index in [1.807, 2.05) is 42.5 Å². The molecule has 0 bridgehead atoms. The van der Waals surface area contributed by atoms with Crippen LogP contribution in [0.3, 0.4) is 0 Å². The highest BCUT2D eigenvalue weighted by Crippen LogP contribution is 2.35. The van der Waals surface area contributed by atoms with Crippen molar-refractivity contribution in [2.24, 2.45) is 5.92 Å². The van der Waals surface area contributed by atoms with Crippen molar-refractivity contribution >= 4 is 23.1 Å². The van der Waals surface area contributed by atoms with Crippen LogP contribution in [-0.4, -0.2) is 9.97 Å². The molecule has 2 aromatic carbocycles. The number of halogens is 3. The van der Waals surface area contributed by atoms with E-state index in [1.165, 1.54) is 18.4 Å². The predicted molar refractivity (Wildman–Crippen MR) is 128 cm³/mol. The van der Waals surface area contributed by atoms with Gasteiger partial charge in [0.1, 0.15) is 11.4 Å². The van der Waals surface area contributed by atoms with Gasteiger partial charge in [0.2, 0.25) is 5.95 Å². The van der Waals surface area contributed by atoms with Crippen LogP contribution in [0.15, 0.2) is 54.7 Å². The minimum atomic E-state index is -4.57. The van der Waals surface area contributed by atoms with E-state index in [0.29, 0.717) is 11.6 Å². The molecule has 33 heavy (non-hydrogen) atoms. The van der Waals surface area contributed by atoms with Gasteiger partial charge < -0.3 is 10.6 Å². The summed E-state index contributed by atoms with van der Waals surface area (Å²) in [4.78, 5) is 8.05. The van der Waals surface area contributed by atoms with Crippen molar-refractivity contribution in [2.45, 2.75) is 59.1 Å². The van der Waals surface area contributed by atoms with Crippen LogP contribution in [0.4, 0.5) is 36.3 Å². The summed E-state index contributed by atoms with van der Waals surface area (Å²) in [5.41, 5.74) is 2.65. The number of hydrogen-bond acceptors (Lipinski definition) is 4. The molecule has 3 aromatic rings. The molecule has 0 aliphatic carbocycles. The third-order valence-corrected chi connectivity index (χ3v) is 5.21. The van der Waals surface area contributed by atoms with Gasteiger partial charge in [0.25, 0.3) is 0 Å². The molecule has 2 N–H and O–H groups in total. The van der Waals surface area contributed by atoms with Crippen LogP contribution in [0.25, 0.3) is 0 Å². The minimum absolute atomic E-state index is 0.0996. The molecule has 0 unspecified atom stereocenters. The van der Waals surface area contributed by atoms with Gasteiger partial charge in [-0.3, -0.25) is 0 Å². The molecular weight excluding hydrogens is 425 g/mol. The van der Waals surface area contributed by atoms with Crippen LogP contribution in [0.1, 0.15) is 56.7 Å². The van der Waals surface area contributed by atoms with E-state index in [9.17, 15) is 13.2 Å². The predicted octanol–water partition coefficient (Wildman–Crippen LogP) is 7.91. The first-order chi connectivity index (χ1) is 15.7. The molecule has 3 rings (SSSR count). The Kier molecular flexibility index (Phi) is 8.31. The maximum Gasteiger partial charge on any atom is 0.421 e. The lowest BCUT2D eigenvalue weighted by Crippen LogP contribution is -2.12. The lowest BCUT2D eigenvalue weighted by Gasteiger charge is -2.16. The Bertz CT molecular complexity index is 1030. The summed E-state index contributed by atoms with van der Waals surface area (Å²) in [5, 5.41) is 5.86. The molecule has 0 aliphatic heterocycles. The van der Waals surface area contributed by atoms with Crippen LogP contribution in [-0.2, 0) is 19.0 Å². The first-order valence-electron chi connectivity index (χ1n) is 11.4.